The number of piperidine rings is 1. The molecule has 7 heteroatoms. The second kappa shape index (κ2) is 11.7. The van der Waals surface area contributed by atoms with Gasteiger partial charge in [-0.15, -0.1) is 0 Å². The summed E-state index contributed by atoms with van der Waals surface area (Å²) in [7, 11) is 0. The minimum absolute atomic E-state index is 0.154. The molecule has 0 saturated carbocycles. The Kier molecular flexibility index (Phi) is 8.47. The standard InChI is InChI=1S/C28H35ClN4O2/c1-20(2)19-35-26-11-10-25(29)16-24(26)18-33-21(3)14-27(31-33)30-28(34)23-9-7-8-22(15-23)17-32-12-5-4-6-13-32/h7-11,14-16,20H,4-6,12-13,17-19H2,1-3H3,(H,30,31,34). The maximum atomic E-state index is 13.0. The van der Waals surface area contributed by atoms with Crippen molar-refractivity contribution in [2.24, 2.45) is 5.92 Å². The van der Waals surface area contributed by atoms with Crippen LogP contribution in [0.2, 0.25) is 5.02 Å². The zero-order chi connectivity index (χ0) is 24.8. The fourth-order valence-corrected chi connectivity index (χ4v) is 4.53. The summed E-state index contributed by atoms with van der Waals surface area (Å²) in [6.07, 6.45) is 3.82. The lowest BCUT2D eigenvalue weighted by Crippen LogP contribution is -2.29. The van der Waals surface area contributed by atoms with Gasteiger partial charge in [0.15, 0.2) is 5.82 Å². The Morgan fingerprint density at radius 2 is 1.89 bits per heavy atom. The van der Waals surface area contributed by atoms with E-state index >= 15 is 0 Å². The molecule has 35 heavy (non-hydrogen) atoms. The van der Waals surface area contributed by atoms with Gasteiger partial charge in [0.25, 0.3) is 5.91 Å². The molecule has 0 bridgehead atoms. The molecule has 1 N–H and O–H groups in total. The van der Waals surface area contributed by atoms with Gasteiger partial charge in [-0.2, -0.15) is 5.10 Å². The number of ether oxygens (including phenoxy) is 1. The molecular formula is C28H35ClN4O2. The normalized spacial score (nSPS) is 14.3. The third-order valence-corrected chi connectivity index (χ3v) is 6.42. The van der Waals surface area contributed by atoms with Crippen molar-refractivity contribution in [1.29, 1.82) is 0 Å². The number of rotatable bonds is 9. The highest BCUT2D eigenvalue weighted by Gasteiger charge is 2.15. The van der Waals surface area contributed by atoms with E-state index in [1.807, 2.05) is 54.1 Å². The van der Waals surface area contributed by atoms with Gasteiger partial charge in [-0.25, -0.2) is 0 Å². The molecule has 2 aromatic carbocycles. The lowest BCUT2D eigenvalue weighted by Gasteiger charge is -2.26. The third kappa shape index (κ3) is 7.09. The van der Waals surface area contributed by atoms with Gasteiger partial charge in [0.05, 0.1) is 13.2 Å². The maximum absolute atomic E-state index is 13.0. The van der Waals surface area contributed by atoms with Crippen LogP contribution in [0.25, 0.3) is 0 Å². The summed E-state index contributed by atoms with van der Waals surface area (Å²) in [5.74, 6) is 1.60. The Hall–Kier alpha value is -2.83. The number of carbonyl (C=O) groups is 1. The first-order valence-corrected chi connectivity index (χ1v) is 12.8. The fraction of sp³-hybridized carbons (Fsp3) is 0.429. The molecule has 0 aliphatic carbocycles. The van der Waals surface area contributed by atoms with Crippen molar-refractivity contribution in [2.75, 3.05) is 25.0 Å². The molecule has 1 aliphatic heterocycles. The highest BCUT2D eigenvalue weighted by Crippen LogP contribution is 2.25. The number of nitrogens with one attached hydrogen (secondary N) is 1. The first kappa shape index (κ1) is 25.3. The molecule has 4 rings (SSSR count). The van der Waals surface area contributed by atoms with Crippen molar-refractivity contribution >= 4 is 23.3 Å². The highest BCUT2D eigenvalue weighted by molar-refractivity contribution is 6.30. The number of benzene rings is 2. The third-order valence-electron chi connectivity index (χ3n) is 6.18. The van der Waals surface area contributed by atoms with Crippen molar-refractivity contribution in [2.45, 2.75) is 53.1 Å². The van der Waals surface area contributed by atoms with E-state index in [2.05, 4.69) is 35.2 Å². The molecule has 1 aliphatic rings. The summed E-state index contributed by atoms with van der Waals surface area (Å²) < 4.78 is 7.84. The van der Waals surface area contributed by atoms with Crippen LogP contribution in [0.3, 0.4) is 0 Å². The maximum Gasteiger partial charge on any atom is 0.256 e. The largest absolute Gasteiger partial charge is 0.493 e. The predicted molar refractivity (Wildman–Crippen MR) is 141 cm³/mol. The molecular weight excluding hydrogens is 460 g/mol. The van der Waals surface area contributed by atoms with Crippen molar-refractivity contribution in [1.82, 2.24) is 14.7 Å². The van der Waals surface area contributed by atoms with Crippen LogP contribution >= 0.6 is 11.6 Å². The van der Waals surface area contributed by atoms with Gasteiger partial charge in [0.2, 0.25) is 0 Å². The molecule has 0 radical (unpaired) electrons. The molecule has 186 valence electrons. The summed E-state index contributed by atoms with van der Waals surface area (Å²) in [6, 6.07) is 15.4. The van der Waals surface area contributed by atoms with E-state index in [1.54, 1.807) is 0 Å². The lowest BCUT2D eigenvalue weighted by molar-refractivity contribution is 0.102. The second-order valence-corrected chi connectivity index (χ2v) is 10.2. The molecule has 1 fully saturated rings. The number of hydrogen-bond donors (Lipinski definition) is 1. The average molecular weight is 495 g/mol. The molecule has 3 aromatic rings. The Balaban J connectivity index is 1.43. The van der Waals surface area contributed by atoms with Crippen LogP contribution < -0.4 is 10.1 Å². The van der Waals surface area contributed by atoms with Crippen LogP contribution in [0, 0.1) is 12.8 Å². The van der Waals surface area contributed by atoms with Crippen molar-refractivity contribution in [3.63, 3.8) is 0 Å². The zero-order valence-electron chi connectivity index (χ0n) is 20.9. The van der Waals surface area contributed by atoms with E-state index < -0.39 is 0 Å². The topological polar surface area (TPSA) is 59.4 Å². The first-order chi connectivity index (χ1) is 16.9. The lowest BCUT2D eigenvalue weighted by atomic mass is 10.1. The van der Waals surface area contributed by atoms with Gasteiger partial charge in [-0.1, -0.05) is 44.0 Å². The highest BCUT2D eigenvalue weighted by atomic mass is 35.5. The summed E-state index contributed by atoms with van der Waals surface area (Å²) in [6.45, 7) is 10.5. The molecule has 1 aromatic heterocycles. The summed E-state index contributed by atoms with van der Waals surface area (Å²) in [4.78, 5) is 15.4. The van der Waals surface area contributed by atoms with Gasteiger partial charge in [0.1, 0.15) is 5.75 Å². The average Bonchev–Trinajstić information content (AvgIpc) is 3.17. The van der Waals surface area contributed by atoms with E-state index in [4.69, 9.17) is 16.3 Å². The van der Waals surface area contributed by atoms with E-state index in [-0.39, 0.29) is 5.91 Å². The summed E-state index contributed by atoms with van der Waals surface area (Å²) >= 11 is 6.26. The molecule has 0 unspecified atom stereocenters. The van der Waals surface area contributed by atoms with E-state index in [9.17, 15) is 4.79 Å². The molecule has 6 nitrogen and oxygen atoms in total. The number of carbonyl (C=O) groups excluding carboxylic acids is 1. The van der Waals surface area contributed by atoms with E-state index in [0.717, 1.165) is 42.2 Å². The predicted octanol–water partition coefficient (Wildman–Crippen LogP) is 6.17. The number of likely N-dealkylation sites (tertiary alicyclic amines) is 1. The minimum atomic E-state index is -0.154. The Morgan fingerprint density at radius 1 is 1.09 bits per heavy atom. The van der Waals surface area contributed by atoms with Crippen LogP contribution in [0.1, 0.15) is 60.3 Å². The van der Waals surface area contributed by atoms with Gasteiger partial charge in [-0.05, 0) is 74.7 Å². The smallest absolute Gasteiger partial charge is 0.256 e. The van der Waals surface area contributed by atoms with Gasteiger partial charge < -0.3 is 10.1 Å². The van der Waals surface area contributed by atoms with Crippen molar-refractivity contribution in [3.8, 4) is 5.75 Å². The van der Waals surface area contributed by atoms with E-state index in [0.29, 0.717) is 35.5 Å². The molecule has 1 saturated heterocycles. The fourth-order valence-electron chi connectivity index (χ4n) is 4.34. The number of nitrogens with zero attached hydrogens (tertiary/aromatic N) is 3. The van der Waals surface area contributed by atoms with Crippen LogP contribution in [0.4, 0.5) is 5.82 Å². The quantitative estimate of drug-likeness (QED) is 0.386. The van der Waals surface area contributed by atoms with Gasteiger partial charge in [0, 0.05) is 34.5 Å². The van der Waals surface area contributed by atoms with E-state index in [1.165, 1.54) is 19.3 Å². The second-order valence-electron chi connectivity index (χ2n) is 9.78. The number of amides is 1. The van der Waals surface area contributed by atoms with Crippen molar-refractivity contribution < 1.29 is 9.53 Å². The molecule has 1 amide bonds. The molecule has 2 heterocycles. The Morgan fingerprint density at radius 3 is 2.66 bits per heavy atom. The van der Waals surface area contributed by atoms with Gasteiger partial charge >= 0.3 is 0 Å². The van der Waals surface area contributed by atoms with Gasteiger partial charge in [-0.3, -0.25) is 14.4 Å². The molecule has 0 spiro atoms. The van der Waals surface area contributed by atoms with Crippen LogP contribution in [0.15, 0.2) is 48.5 Å². The Bertz CT molecular complexity index is 1150. The Labute approximate surface area is 213 Å². The number of halogens is 1. The number of hydrogen-bond acceptors (Lipinski definition) is 4. The number of anilines is 1. The first-order valence-electron chi connectivity index (χ1n) is 12.5. The van der Waals surface area contributed by atoms with Crippen LogP contribution in [-0.4, -0.2) is 40.3 Å². The van der Waals surface area contributed by atoms with Crippen LogP contribution in [0.5, 0.6) is 5.75 Å². The monoisotopic (exact) mass is 494 g/mol. The number of aryl methyl sites for hydroxylation is 1. The summed E-state index contributed by atoms with van der Waals surface area (Å²) in [5, 5.41) is 8.24. The van der Waals surface area contributed by atoms with Crippen molar-refractivity contribution in [3.05, 3.63) is 75.9 Å². The zero-order valence-corrected chi connectivity index (χ0v) is 21.6. The number of aromatic nitrogens is 2. The minimum Gasteiger partial charge on any atom is -0.493 e. The molecule has 0 atom stereocenters. The van der Waals surface area contributed by atoms with Crippen LogP contribution in [-0.2, 0) is 13.1 Å². The SMILES string of the molecule is Cc1cc(NC(=O)c2cccc(CN3CCCCC3)c2)nn1Cc1cc(Cl)ccc1OCC(C)C. The summed E-state index contributed by atoms with van der Waals surface area (Å²) in [5.41, 5.74) is 3.70.